The fraction of sp³-hybridized carbons (Fsp3) is 0.722. The molecule has 0 N–H and O–H groups in total. The maximum atomic E-state index is 12.5. The number of morpholine rings is 1. The number of hydrogen-bond acceptors (Lipinski definition) is 5. The van der Waals surface area contributed by atoms with E-state index in [-0.39, 0.29) is 23.3 Å². The Morgan fingerprint density at radius 3 is 2.73 bits per heavy atom. The molecule has 8 heteroatoms. The molecule has 1 aromatic rings. The quantitative estimate of drug-likeness (QED) is 0.774. The van der Waals surface area contributed by atoms with Crippen molar-refractivity contribution in [3.05, 3.63) is 18.0 Å². The first-order valence-electron chi connectivity index (χ1n) is 9.40. The second kappa shape index (κ2) is 7.00. The zero-order valence-electron chi connectivity index (χ0n) is 15.2. The van der Waals surface area contributed by atoms with E-state index in [0.717, 1.165) is 13.0 Å². The molecule has 3 aliphatic rings. The maximum absolute atomic E-state index is 12.5. The number of amides is 2. The Bertz CT molecular complexity index is 676. The summed E-state index contributed by atoms with van der Waals surface area (Å²) < 4.78 is 13.1. The molecule has 0 bridgehead atoms. The van der Waals surface area contributed by atoms with Gasteiger partial charge in [0.05, 0.1) is 44.7 Å². The standard InChI is InChI=1S/C18H26N4O4/c1-2-22-10-15(9-19-22)17(24)21-12-18(13-21)8-14(11-26-18)7-16(23)20-3-5-25-6-4-20/h9-10,14H,2-8,11-13H2,1H3. The average molecular weight is 362 g/mol. The molecular formula is C18H26N4O4. The molecule has 1 spiro atoms. The van der Waals surface area contributed by atoms with E-state index in [1.165, 1.54) is 0 Å². The number of ether oxygens (including phenoxy) is 2. The first-order valence-corrected chi connectivity index (χ1v) is 9.40. The molecule has 0 aromatic carbocycles. The predicted molar refractivity (Wildman–Crippen MR) is 92.6 cm³/mol. The molecular weight excluding hydrogens is 336 g/mol. The third-order valence-electron chi connectivity index (χ3n) is 5.56. The third-order valence-corrected chi connectivity index (χ3v) is 5.56. The van der Waals surface area contributed by atoms with Crippen molar-refractivity contribution in [2.75, 3.05) is 46.0 Å². The average Bonchev–Trinajstić information content (AvgIpc) is 3.28. The fourth-order valence-corrected chi connectivity index (χ4v) is 4.10. The van der Waals surface area contributed by atoms with Crippen LogP contribution < -0.4 is 0 Å². The van der Waals surface area contributed by atoms with E-state index in [9.17, 15) is 9.59 Å². The minimum atomic E-state index is -0.258. The maximum Gasteiger partial charge on any atom is 0.257 e. The lowest BCUT2D eigenvalue weighted by Crippen LogP contribution is -2.63. The molecule has 142 valence electrons. The van der Waals surface area contributed by atoms with Crippen molar-refractivity contribution < 1.29 is 19.1 Å². The van der Waals surface area contributed by atoms with Gasteiger partial charge >= 0.3 is 0 Å². The summed E-state index contributed by atoms with van der Waals surface area (Å²) in [4.78, 5) is 28.6. The molecule has 0 aliphatic carbocycles. The zero-order valence-corrected chi connectivity index (χ0v) is 15.2. The lowest BCUT2D eigenvalue weighted by atomic mass is 9.85. The number of aryl methyl sites for hydroxylation is 1. The monoisotopic (exact) mass is 362 g/mol. The summed E-state index contributed by atoms with van der Waals surface area (Å²) in [5, 5.41) is 4.16. The minimum Gasteiger partial charge on any atom is -0.378 e. The van der Waals surface area contributed by atoms with Crippen LogP contribution in [0.15, 0.2) is 12.4 Å². The van der Waals surface area contributed by atoms with Crippen molar-refractivity contribution in [1.29, 1.82) is 0 Å². The summed E-state index contributed by atoms with van der Waals surface area (Å²) in [6.07, 6.45) is 4.78. The van der Waals surface area contributed by atoms with Gasteiger partial charge in [-0.3, -0.25) is 14.3 Å². The summed E-state index contributed by atoms with van der Waals surface area (Å²) in [5.74, 6) is 0.440. The fourth-order valence-electron chi connectivity index (χ4n) is 4.10. The van der Waals surface area contributed by atoms with Crippen LogP contribution in [0, 0.1) is 5.92 Å². The Labute approximate surface area is 153 Å². The number of hydrogen-bond donors (Lipinski definition) is 0. The Hall–Kier alpha value is -1.93. The van der Waals surface area contributed by atoms with Gasteiger partial charge in [0, 0.05) is 32.3 Å². The highest BCUT2D eigenvalue weighted by molar-refractivity contribution is 5.94. The van der Waals surface area contributed by atoms with Crippen molar-refractivity contribution in [2.24, 2.45) is 5.92 Å². The van der Waals surface area contributed by atoms with Crippen molar-refractivity contribution in [2.45, 2.75) is 31.9 Å². The van der Waals surface area contributed by atoms with Crippen LogP contribution in [-0.2, 0) is 20.8 Å². The van der Waals surface area contributed by atoms with Gasteiger partial charge in [0.15, 0.2) is 0 Å². The van der Waals surface area contributed by atoms with Crippen molar-refractivity contribution in [3.63, 3.8) is 0 Å². The highest BCUT2D eigenvalue weighted by Crippen LogP contribution is 2.39. The second-order valence-electron chi connectivity index (χ2n) is 7.51. The van der Waals surface area contributed by atoms with Crippen LogP contribution >= 0.6 is 0 Å². The highest BCUT2D eigenvalue weighted by Gasteiger charge is 2.51. The lowest BCUT2D eigenvalue weighted by Gasteiger charge is -2.47. The molecule has 8 nitrogen and oxygen atoms in total. The Balaban J connectivity index is 1.27. The number of rotatable bonds is 4. The molecule has 4 heterocycles. The Morgan fingerprint density at radius 2 is 2.04 bits per heavy atom. The zero-order chi connectivity index (χ0) is 18.1. The molecule has 3 saturated heterocycles. The van der Waals surface area contributed by atoms with Crippen LogP contribution in [-0.4, -0.2) is 83.0 Å². The van der Waals surface area contributed by atoms with Gasteiger partial charge in [0.25, 0.3) is 5.91 Å². The number of nitrogens with zero attached hydrogens (tertiary/aromatic N) is 4. The first kappa shape index (κ1) is 17.5. The van der Waals surface area contributed by atoms with Crippen molar-refractivity contribution in [1.82, 2.24) is 19.6 Å². The molecule has 1 unspecified atom stereocenters. The van der Waals surface area contributed by atoms with Gasteiger partial charge in [0.2, 0.25) is 5.91 Å². The molecule has 1 atom stereocenters. The van der Waals surface area contributed by atoms with Crippen molar-refractivity contribution in [3.8, 4) is 0 Å². The second-order valence-corrected chi connectivity index (χ2v) is 7.51. The Morgan fingerprint density at radius 1 is 1.27 bits per heavy atom. The largest absolute Gasteiger partial charge is 0.378 e. The normalized spacial score (nSPS) is 24.7. The molecule has 0 radical (unpaired) electrons. The van der Waals surface area contributed by atoms with Gasteiger partial charge in [-0.15, -0.1) is 0 Å². The van der Waals surface area contributed by atoms with E-state index >= 15 is 0 Å². The summed E-state index contributed by atoms with van der Waals surface area (Å²) in [7, 11) is 0. The lowest BCUT2D eigenvalue weighted by molar-refractivity contribution is -0.136. The summed E-state index contributed by atoms with van der Waals surface area (Å²) >= 11 is 0. The van der Waals surface area contributed by atoms with E-state index in [2.05, 4.69) is 5.10 Å². The molecule has 26 heavy (non-hydrogen) atoms. The SMILES string of the molecule is CCn1cc(C(=O)N2CC3(CC(CC(=O)N4CCOCC4)CO3)C2)cn1. The number of carbonyl (C=O) groups is 2. The van der Waals surface area contributed by atoms with Crippen LogP contribution in [0.2, 0.25) is 0 Å². The van der Waals surface area contributed by atoms with Gasteiger partial charge in [0.1, 0.15) is 5.60 Å². The van der Waals surface area contributed by atoms with Crippen molar-refractivity contribution >= 4 is 11.8 Å². The number of carbonyl (C=O) groups excluding carboxylic acids is 2. The molecule has 3 fully saturated rings. The van der Waals surface area contributed by atoms with Crippen LogP contribution in [0.5, 0.6) is 0 Å². The minimum absolute atomic E-state index is 0.00627. The van der Waals surface area contributed by atoms with Gasteiger partial charge in [-0.2, -0.15) is 5.10 Å². The number of aromatic nitrogens is 2. The third kappa shape index (κ3) is 3.35. The van der Waals surface area contributed by atoms with Gasteiger partial charge in [-0.1, -0.05) is 0 Å². The molecule has 2 amide bonds. The summed E-state index contributed by atoms with van der Waals surface area (Å²) in [5.41, 5.74) is 0.366. The van der Waals surface area contributed by atoms with Gasteiger partial charge < -0.3 is 19.3 Å². The topological polar surface area (TPSA) is 76.9 Å². The summed E-state index contributed by atoms with van der Waals surface area (Å²) in [6, 6.07) is 0. The molecule has 4 rings (SSSR count). The Kier molecular flexibility index (Phi) is 4.71. The molecule has 3 aliphatic heterocycles. The van der Waals surface area contributed by atoms with E-state index in [1.807, 2.05) is 16.7 Å². The van der Waals surface area contributed by atoms with E-state index in [4.69, 9.17) is 9.47 Å². The highest BCUT2D eigenvalue weighted by atomic mass is 16.5. The van der Waals surface area contributed by atoms with Gasteiger partial charge in [-0.05, 0) is 19.3 Å². The van der Waals surface area contributed by atoms with Crippen LogP contribution in [0.1, 0.15) is 30.1 Å². The van der Waals surface area contributed by atoms with Gasteiger partial charge in [-0.25, -0.2) is 0 Å². The predicted octanol–water partition coefficient (Wildman–Crippen LogP) is 0.383. The first-order chi connectivity index (χ1) is 12.6. The summed E-state index contributed by atoms with van der Waals surface area (Å²) in [6.45, 7) is 7.17. The van der Waals surface area contributed by atoms with Crippen LogP contribution in [0.4, 0.5) is 0 Å². The molecule has 0 saturated carbocycles. The van der Waals surface area contributed by atoms with E-state index in [0.29, 0.717) is 58.0 Å². The van der Waals surface area contributed by atoms with Crippen LogP contribution in [0.3, 0.4) is 0 Å². The number of likely N-dealkylation sites (tertiary alicyclic amines) is 1. The molecule has 1 aromatic heterocycles. The van der Waals surface area contributed by atoms with Crippen LogP contribution in [0.25, 0.3) is 0 Å². The smallest absolute Gasteiger partial charge is 0.257 e. The van der Waals surface area contributed by atoms with E-state index < -0.39 is 0 Å². The van der Waals surface area contributed by atoms with E-state index in [1.54, 1.807) is 17.1 Å².